The van der Waals surface area contributed by atoms with Crippen molar-refractivity contribution in [1.82, 2.24) is 9.80 Å². The number of fused-ring (bicyclic) bond motifs is 1. The first-order valence-electron chi connectivity index (χ1n) is 8.74. The Morgan fingerprint density at radius 2 is 1.80 bits per heavy atom. The summed E-state index contributed by atoms with van der Waals surface area (Å²) in [6, 6.07) is 10.2. The quantitative estimate of drug-likeness (QED) is 0.857. The van der Waals surface area contributed by atoms with Crippen molar-refractivity contribution in [2.45, 2.75) is 19.9 Å². The molecule has 0 radical (unpaired) electrons. The molecule has 0 unspecified atom stereocenters. The molecule has 0 spiro atoms. The number of hydrogen-bond donors (Lipinski definition) is 0. The van der Waals surface area contributed by atoms with Crippen LogP contribution >= 0.6 is 0 Å². The summed E-state index contributed by atoms with van der Waals surface area (Å²) in [4.78, 5) is 16.0. The van der Waals surface area contributed by atoms with Gasteiger partial charge in [0.1, 0.15) is 11.5 Å². The van der Waals surface area contributed by atoms with Crippen LogP contribution in [0.25, 0.3) is 10.8 Å². The number of benzene rings is 2. The van der Waals surface area contributed by atoms with Crippen molar-refractivity contribution in [3.63, 3.8) is 0 Å². The monoisotopic (exact) mass is 342 g/mol. The molecule has 1 heterocycles. The third-order valence-electron chi connectivity index (χ3n) is 4.92. The molecule has 0 bridgehead atoms. The Morgan fingerprint density at radius 1 is 1.00 bits per heavy atom. The molecular weight excluding hydrogens is 316 g/mol. The third kappa shape index (κ3) is 3.71. The summed E-state index contributed by atoms with van der Waals surface area (Å²) < 4.78 is 11.1. The van der Waals surface area contributed by atoms with Crippen LogP contribution in [0.15, 0.2) is 30.3 Å². The SMILES string of the molecule is COc1ccc(CN2CCCN(C(C)=O)CC2)c2c(OC)cccc12. The molecule has 1 saturated heterocycles. The lowest BCUT2D eigenvalue weighted by atomic mass is 10.0. The molecule has 134 valence electrons. The van der Waals surface area contributed by atoms with E-state index in [-0.39, 0.29) is 5.91 Å². The first-order chi connectivity index (χ1) is 12.1. The number of hydrogen-bond acceptors (Lipinski definition) is 4. The van der Waals surface area contributed by atoms with Gasteiger partial charge in [0.15, 0.2) is 0 Å². The normalized spacial score (nSPS) is 15.9. The maximum Gasteiger partial charge on any atom is 0.219 e. The van der Waals surface area contributed by atoms with Crippen molar-refractivity contribution in [3.8, 4) is 11.5 Å². The zero-order valence-electron chi connectivity index (χ0n) is 15.2. The Morgan fingerprint density at radius 3 is 2.52 bits per heavy atom. The third-order valence-corrected chi connectivity index (χ3v) is 4.92. The van der Waals surface area contributed by atoms with Crippen molar-refractivity contribution in [2.75, 3.05) is 40.4 Å². The fourth-order valence-corrected chi connectivity index (χ4v) is 3.58. The van der Waals surface area contributed by atoms with Gasteiger partial charge in [-0.25, -0.2) is 0 Å². The minimum atomic E-state index is 0.165. The van der Waals surface area contributed by atoms with Gasteiger partial charge in [-0.2, -0.15) is 0 Å². The number of nitrogens with zero attached hydrogens (tertiary/aromatic N) is 2. The van der Waals surface area contributed by atoms with Gasteiger partial charge in [0.2, 0.25) is 5.91 Å². The van der Waals surface area contributed by atoms with E-state index < -0.39 is 0 Å². The number of carbonyl (C=O) groups excluding carboxylic acids is 1. The van der Waals surface area contributed by atoms with E-state index in [1.165, 1.54) is 5.56 Å². The second kappa shape index (κ2) is 7.74. The van der Waals surface area contributed by atoms with Gasteiger partial charge in [0.05, 0.1) is 14.2 Å². The highest BCUT2D eigenvalue weighted by Crippen LogP contribution is 2.35. The number of rotatable bonds is 4. The number of carbonyl (C=O) groups is 1. The smallest absolute Gasteiger partial charge is 0.219 e. The minimum absolute atomic E-state index is 0.165. The second-order valence-electron chi connectivity index (χ2n) is 6.45. The lowest BCUT2D eigenvalue weighted by Crippen LogP contribution is -2.33. The molecule has 1 aliphatic rings. The van der Waals surface area contributed by atoms with Gasteiger partial charge < -0.3 is 14.4 Å². The van der Waals surface area contributed by atoms with E-state index in [4.69, 9.17) is 9.47 Å². The molecule has 1 fully saturated rings. The minimum Gasteiger partial charge on any atom is -0.496 e. The van der Waals surface area contributed by atoms with Gasteiger partial charge in [-0.1, -0.05) is 18.2 Å². The highest BCUT2D eigenvalue weighted by Gasteiger charge is 2.18. The van der Waals surface area contributed by atoms with Gasteiger partial charge in [-0.3, -0.25) is 9.69 Å². The molecular formula is C20H26N2O3. The van der Waals surface area contributed by atoms with Crippen LogP contribution in [0.2, 0.25) is 0 Å². The molecule has 1 amide bonds. The van der Waals surface area contributed by atoms with Crippen molar-refractivity contribution < 1.29 is 14.3 Å². The van der Waals surface area contributed by atoms with E-state index >= 15 is 0 Å². The lowest BCUT2D eigenvalue weighted by Gasteiger charge is -2.22. The molecule has 1 aliphatic heterocycles. The van der Waals surface area contributed by atoms with E-state index in [9.17, 15) is 4.79 Å². The number of methoxy groups -OCH3 is 2. The van der Waals surface area contributed by atoms with Gasteiger partial charge >= 0.3 is 0 Å². The average molecular weight is 342 g/mol. The van der Waals surface area contributed by atoms with Crippen LogP contribution in [0, 0.1) is 0 Å². The summed E-state index contributed by atoms with van der Waals surface area (Å²) in [6.07, 6.45) is 1.00. The topological polar surface area (TPSA) is 42.0 Å². The van der Waals surface area contributed by atoms with E-state index in [1.807, 2.05) is 23.1 Å². The summed E-state index contributed by atoms with van der Waals surface area (Å²) in [7, 11) is 3.40. The van der Waals surface area contributed by atoms with E-state index in [1.54, 1.807) is 21.1 Å². The number of amides is 1. The molecule has 3 rings (SSSR count). The molecule has 0 atom stereocenters. The van der Waals surface area contributed by atoms with Crippen LogP contribution in [0.4, 0.5) is 0 Å². The Bertz CT molecular complexity index is 760. The molecule has 25 heavy (non-hydrogen) atoms. The van der Waals surface area contributed by atoms with Crippen LogP contribution in [0.3, 0.4) is 0 Å². The highest BCUT2D eigenvalue weighted by atomic mass is 16.5. The Hall–Kier alpha value is -2.27. The van der Waals surface area contributed by atoms with Gasteiger partial charge in [-0.15, -0.1) is 0 Å². The predicted molar refractivity (Wildman–Crippen MR) is 99.2 cm³/mol. The molecule has 0 saturated carbocycles. The summed E-state index contributed by atoms with van der Waals surface area (Å²) >= 11 is 0. The fraction of sp³-hybridized carbons (Fsp3) is 0.450. The molecule has 2 aromatic carbocycles. The first kappa shape index (κ1) is 17.5. The largest absolute Gasteiger partial charge is 0.496 e. The molecule has 5 nitrogen and oxygen atoms in total. The molecule has 2 aromatic rings. The predicted octanol–water partition coefficient (Wildman–Crippen LogP) is 2.91. The van der Waals surface area contributed by atoms with E-state index in [2.05, 4.69) is 17.0 Å². The lowest BCUT2D eigenvalue weighted by molar-refractivity contribution is -0.128. The van der Waals surface area contributed by atoms with Crippen molar-refractivity contribution >= 4 is 16.7 Å². The van der Waals surface area contributed by atoms with Crippen molar-refractivity contribution in [1.29, 1.82) is 0 Å². The molecule has 0 N–H and O–H groups in total. The van der Waals surface area contributed by atoms with Gasteiger partial charge in [-0.05, 0) is 24.1 Å². The van der Waals surface area contributed by atoms with Crippen molar-refractivity contribution in [3.05, 3.63) is 35.9 Å². The maximum atomic E-state index is 11.6. The first-order valence-corrected chi connectivity index (χ1v) is 8.74. The van der Waals surface area contributed by atoms with Crippen molar-refractivity contribution in [2.24, 2.45) is 0 Å². The molecule has 0 aromatic heterocycles. The van der Waals surface area contributed by atoms with Crippen LogP contribution < -0.4 is 9.47 Å². The summed E-state index contributed by atoms with van der Waals surface area (Å²) in [5, 5.41) is 2.18. The van der Waals surface area contributed by atoms with Gasteiger partial charge in [0, 0.05) is 50.4 Å². The highest BCUT2D eigenvalue weighted by molar-refractivity contribution is 5.95. The Labute approximate surface area is 149 Å². The number of ether oxygens (including phenoxy) is 2. The summed E-state index contributed by atoms with van der Waals surface area (Å²) in [6.45, 7) is 6.01. The van der Waals surface area contributed by atoms with Crippen LogP contribution in [0.1, 0.15) is 18.9 Å². The zero-order chi connectivity index (χ0) is 17.8. The van der Waals surface area contributed by atoms with E-state index in [0.717, 1.165) is 61.4 Å². The second-order valence-corrected chi connectivity index (χ2v) is 6.45. The summed E-state index contributed by atoms with van der Waals surface area (Å²) in [5.41, 5.74) is 1.23. The Balaban J connectivity index is 1.90. The molecule has 0 aliphatic carbocycles. The Kier molecular flexibility index (Phi) is 5.43. The summed E-state index contributed by atoms with van der Waals surface area (Å²) in [5.74, 6) is 1.89. The maximum absolute atomic E-state index is 11.6. The average Bonchev–Trinajstić information content (AvgIpc) is 2.87. The van der Waals surface area contributed by atoms with E-state index in [0.29, 0.717) is 0 Å². The fourth-order valence-electron chi connectivity index (χ4n) is 3.58. The van der Waals surface area contributed by atoms with Gasteiger partial charge in [0.25, 0.3) is 0 Å². The van der Waals surface area contributed by atoms with Crippen LogP contribution in [-0.2, 0) is 11.3 Å². The molecule has 5 heteroatoms. The van der Waals surface area contributed by atoms with Crippen LogP contribution in [0.5, 0.6) is 11.5 Å². The van der Waals surface area contributed by atoms with Crippen LogP contribution in [-0.4, -0.2) is 56.1 Å². The standard InChI is InChI=1S/C20H26N2O3/c1-15(23)22-11-5-10-21(12-13-22)14-16-8-9-18(24-2)17-6-4-7-19(25-3)20(16)17/h4,6-9H,5,10-14H2,1-3H3. The zero-order valence-corrected chi connectivity index (χ0v) is 15.2.